The van der Waals surface area contributed by atoms with Gasteiger partial charge in [-0.1, -0.05) is 0 Å². The van der Waals surface area contributed by atoms with Gasteiger partial charge in [0.05, 0.1) is 18.5 Å². The fraction of sp³-hybridized carbons (Fsp3) is 0.714. The van der Waals surface area contributed by atoms with Gasteiger partial charge >= 0.3 is 12.1 Å². The Kier molecular flexibility index (Phi) is 2.96. The van der Waals surface area contributed by atoms with Crippen molar-refractivity contribution in [3.63, 3.8) is 0 Å². The van der Waals surface area contributed by atoms with E-state index in [1.54, 1.807) is 0 Å². The average molecular weight is 208 g/mol. The van der Waals surface area contributed by atoms with Crippen LogP contribution in [0.2, 0.25) is 0 Å². The number of rotatable bonds is 1. The summed E-state index contributed by atoms with van der Waals surface area (Å²) in [6, 6.07) is 1.89. The zero-order valence-electron chi connectivity index (χ0n) is 7.04. The molecule has 14 heavy (non-hydrogen) atoms. The number of nitriles is 1. The van der Waals surface area contributed by atoms with Crippen molar-refractivity contribution in [2.45, 2.75) is 12.6 Å². The highest BCUT2D eigenvalue weighted by Crippen LogP contribution is 2.21. The van der Waals surface area contributed by atoms with Gasteiger partial charge in [-0.2, -0.15) is 18.4 Å². The van der Waals surface area contributed by atoms with E-state index in [9.17, 15) is 18.0 Å². The van der Waals surface area contributed by atoms with Crippen molar-refractivity contribution >= 4 is 5.97 Å². The van der Waals surface area contributed by atoms with Crippen molar-refractivity contribution < 1.29 is 22.8 Å². The first-order valence-electron chi connectivity index (χ1n) is 3.87. The highest BCUT2D eigenvalue weighted by molar-refractivity contribution is 5.75. The molecule has 0 amide bonds. The first kappa shape index (κ1) is 10.8. The van der Waals surface area contributed by atoms with E-state index in [0.29, 0.717) is 6.42 Å². The Hall–Kier alpha value is -1.29. The van der Waals surface area contributed by atoms with Crippen molar-refractivity contribution in [1.82, 2.24) is 5.06 Å². The average Bonchev–Trinajstić information content (AvgIpc) is 2.50. The molecule has 0 aromatic carbocycles. The summed E-state index contributed by atoms with van der Waals surface area (Å²) in [5.74, 6) is -2.60. The van der Waals surface area contributed by atoms with Crippen molar-refractivity contribution in [3.8, 4) is 6.07 Å². The number of halogens is 3. The summed E-state index contributed by atoms with van der Waals surface area (Å²) in [6.07, 6.45) is -4.56. The molecule has 7 heteroatoms. The standard InChI is InChI=1S/C7H7F3N2O2/c8-7(9,10)6(13)14-12-2-1-5(3-11)4-12/h5H,1-2,4H2. The largest absolute Gasteiger partial charge is 0.492 e. The minimum absolute atomic E-state index is 0.0400. The quantitative estimate of drug-likeness (QED) is 0.641. The van der Waals surface area contributed by atoms with Gasteiger partial charge in [-0.05, 0) is 6.42 Å². The molecule has 1 aliphatic rings. The van der Waals surface area contributed by atoms with Crippen molar-refractivity contribution in [3.05, 3.63) is 0 Å². The maximum atomic E-state index is 11.7. The monoisotopic (exact) mass is 208 g/mol. The number of carbonyl (C=O) groups excluding carboxylic acids is 1. The first-order chi connectivity index (χ1) is 6.43. The van der Waals surface area contributed by atoms with Crippen LogP contribution >= 0.6 is 0 Å². The third kappa shape index (κ3) is 2.60. The molecule has 1 aliphatic heterocycles. The zero-order chi connectivity index (χ0) is 10.8. The van der Waals surface area contributed by atoms with Gasteiger partial charge in [0.25, 0.3) is 0 Å². The predicted octanol–water partition coefficient (Wildman–Crippen LogP) is 0.852. The Bertz CT molecular complexity index is 271. The van der Waals surface area contributed by atoms with Crippen LogP contribution < -0.4 is 0 Å². The molecular weight excluding hydrogens is 201 g/mol. The van der Waals surface area contributed by atoms with E-state index in [-0.39, 0.29) is 19.0 Å². The Morgan fingerprint density at radius 3 is 2.64 bits per heavy atom. The van der Waals surface area contributed by atoms with Gasteiger partial charge in [0.1, 0.15) is 0 Å². The number of alkyl halides is 3. The molecule has 0 N–H and O–H groups in total. The van der Waals surface area contributed by atoms with E-state index >= 15 is 0 Å². The highest BCUT2D eigenvalue weighted by Gasteiger charge is 2.43. The molecule has 1 heterocycles. The third-order valence-electron chi connectivity index (χ3n) is 1.78. The first-order valence-corrected chi connectivity index (χ1v) is 3.87. The molecule has 0 aromatic rings. The minimum Gasteiger partial charge on any atom is -0.361 e. The Morgan fingerprint density at radius 1 is 1.57 bits per heavy atom. The fourth-order valence-electron chi connectivity index (χ4n) is 1.09. The second kappa shape index (κ2) is 3.84. The molecule has 0 aliphatic carbocycles. The molecule has 1 atom stereocenters. The van der Waals surface area contributed by atoms with Gasteiger partial charge in [-0.25, -0.2) is 4.79 Å². The maximum Gasteiger partial charge on any atom is 0.492 e. The molecule has 0 radical (unpaired) electrons. The molecule has 78 valence electrons. The van der Waals surface area contributed by atoms with Crippen molar-refractivity contribution in [1.29, 1.82) is 5.26 Å². The predicted molar refractivity (Wildman–Crippen MR) is 37.4 cm³/mol. The molecule has 0 aromatic heterocycles. The highest BCUT2D eigenvalue weighted by atomic mass is 19.4. The van der Waals surface area contributed by atoms with Crippen LogP contribution in [0.15, 0.2) is 0 Å². The topological polar surface area (TPSA) is 53.3 Å². The van der Waals surface area contributed by atoms with Gasteiger partial charge in [0.2, 0.25) is 0 Å². The van der Waals surface area contributed by atoms with E-state index in [1.807, 2.05) is 6.07 Å². The number of nitrogens with zero attached hydrogens (tertiary/aromatic N) is 2. The van der Waals surface area contributed by atoms with Crippen LogP contribution in [0.4, 0.5) is 13.2 Å². The molecule has 0 spiro atoms. The molecule has 1 saturated heterocycles. The van der Waals surface area contributed by atoms with E-state index in [1.165, 1.54) is 0 Å². The molecule has 0 saturated carbocycles. The van der Waals surface area contributed by atoms with Crippen LogP contribution in [0.1, 0.15) is 6.42 Å². The fourth-order valence-corrected chi connectivity index (χ4v) is 1.09. The van der Waals surface area contributed by atoms with Gasteiger partial charge < -0.3 is 4.84 Å². The summed E-state index contributed by atoms with van der Waals surface area (Å²) < 4.78 is 35.1. The lowest BCUT2D eigenvalue weighted by molar-refractivity contribution is -0.235. The van der Waals surface area contributed by atoms with E-state index in [4.69, 9.17) is 5.26 Å². The van der Waals surface area contributed by atoms with Crippen LogP contribution in [-0.2, 0) is 9.63 Å². The van der Waals surface area contributed by atoms with Crippen LogP contribution in [0.5, 0.6) is 0 Å². The number of hydrogen-bond acceptors (Lipinski definition) is 4. The van der Waals surface area contributed by atoms with Crippen LogP contribution in [-0.4, -0.2) is 30.3 Å². The maximum absolute atomic E-state index is 11.7. The Morgan fingerprint density at radius 2 is 2.21 bits per heavy atom. The lowest BCUT2D eigenvalue weighted by Crippen LogP contribution is -2.33. The van der Waals surface area contributed by atoms with Gasteiger partial charge in [0.15, 0.2) is 0 Å². The smallest absolute Gasteiger partial charge is 0.361 e. The van der Waals surface area contributed by atoms with Crippen molar-refractivity contribution in [2.24, 2.45) is 5.92 Å². The molecule has 1 unspecified atom stereocenters. The van der Waals surface area contributed by atoms with E-state index in [0.717, 1.165) is 5.06 Å². The number of hydrogen-bond donors (Lipinski definition) is 0. The summed E-state index contributed by atoms with van der Waals surface area (Å²) in [6.45, 7) is 0.207. The molecule has 0 bridgehead atoms. The summed E-state index contributed by atoms with van der Waals surface area (Å²) >= 11 is 0. The summed E-state index contributed by atoms with van der Waals surface area (Å²) in [4.78, 5) is 14.4. The normalized spacial score (nSPS) is 23.1. The lowest BCUT2D eigenvalue weighted by atomic mass is 10.1. The summed E-state index contributed by atoms with van der Waals surface area (Å²) in [5, 5.41) is 9.30. The zero-order valence-corrected chi connectivity index (χ0v) is 7.04. The molecule has 1 fully saturated rings. The van der Waals surface area contributed by atoms with Gasteiger partial charge in [-0.3, -0.25) is 0 Å². The van der Waals surface area contributed by atoms with Gasteiger partial charge in [0, 0.05) is 6.54 Å². The van der Waals surface area contributed by atoms with Gasteiger partial charge in [-0.15, -0.1) is 5.06 Å². The Labute approximate surface area is 77.8 Å². The van der Waals surface area contributed by atoms with E-state index in [2.05, 4.69) is 4.84 Å². The van der Waals surface area contributed by atoms with E-state index < -0.39 is 12.1 Å². The summed E-state index contributed by atoms with van der Waals surface area (Å²) in [5.41, 5.74) is 0. The second-order valence-corrected chi connectivity index (χ2v) is 2.88. The molecular formula is C7H7F3N2O2. The lowest BCUT2D eigenvalue weighted by Gasteiger charge is -2.15. The number of hydroxylamine groups is 2. The van der Waals surface area contributed by atoms with Crippen molar-refractivity contribution in [2.75, 3.05) is 13.1 Å². The number of carbonyl (C=O) groups is 1. The minimum atomic E-state index is -4.98. The summed E-state index contributed by atoms with van der Waals surface area (Å²) in [7, 11) is 0. The Balaban J connectivity index is 2.41. The molecule has 4 nitrogen and oxygen atoms in total. The van der Waals surface area contributed by atoms with Crippen LogP contribution in [0.25, 0.3) is 0 Å². The van der Waals surface area contributed by atoms with Crippen LogP contribution in [0.3, 0.4) is 0 Å². The third-order valence-corrected chi connectivity index (χ3v) is 1.78. The SMILES string of the molecule is N#CC1CCN(OC(=O)C(F)(F)F)C1. The second-order valence-electron chi connectivity index (χ2n) is 2.88. The van der Waals surface area contributed by atoms with Crippen LogP contribution in [0, 0.1) is 17.2 Å². The molecule has 1 rings (SSSR count).